The van der Waals surface area contributed by atoms with Crippen LogP contribution in [-0.2, 0) is 17.9 Å². The number of methoxy groups -OCH3 is 1. The molecule has 1 heterocycles. The zero-order valence-electron chi connectivity index (χ0n) is 15.6. The number of aryl methyl sites for hydroxylation is 2. The van der Waals surface area contributed by atoms with Crippen molar-refractivity contribution in [3.8, 4) is 11.5 Å². The van der Waals surface area contributed by atoms with Crippen LogP contribution in [0.3, 0.4) is 0 Å². The number of benzene rings is 1. The summed E-state index contributed by atoms with van der Waals surface area (Å²) in [6.07, 6.45) is 1.41. The maximum absolute atomic E-state index is 12.4. The number of imidazole rings is 1. The lowest BCUT2D eigenvalue weighted by molar-refractivity contribution is -0.389. The Hall–Kier alpha value is -3.24. The van der Waals surface area contributed by atoms with Crippen LogP contribution in [0.2, 0.25) is 0 Å². The summed E-state index contributed by atoms with van der Waals surface area (Å²) in [5.74, 6) is 0.0352. The molecule has 152 valence electrons. The number of hydrogen-bond donors (Lipinski definition) is 0. The lowest BCUT2D eigenvalue weighted by Crippen LogP contribution is -2.27. The Kier molecular flexibility index (Phi) is 6.85. The molecule has 1 amide bonds. The van der Waals surface area contributed by atoms with E-state index in [4.69, 9.17) is 4.74 Å². The largest absolute Gasteiger partial charge is 0.493 e. The second kappa shape index (κ2) is 9.11. The molecule has 0 atom stereocenters. The SMILES string of the molecule is COc1cc(CN(C)C(=O)CCn2cc([N+](=O)[O-])nc2C)ccc1OC(F)F. The molecule has 1 aromatic heterocycles. The summed E-state index contributed by atoms with van der Waals surface area (Å²) >= 11 is 0. The highest BCUT2D eigenvalue weighted by Gasteiger charge is 2.17. The molecule has 28 heavy (non-hydrogen) atoms. The molecule has 0 unspecified atom stereocenters. The van der Waals surface area contributed by atoms with Crippen molar-refractivity contribution in [2.75, 3.05) is 14.2 Å². The summed E-state index contributed by atoms with van der Waals surface area (Å²) in [6, 6.07) is 4.44. The van der Waals surface area contributed by atoms with Crippen LogP contribution in [0.15, 0.2) is 24.4 Å². The fourth-order valence-corrected chi connectivity index (χ4v) is 2.58. The van der Waals surface area contributed by atoms with Gasteiger partial charge in [0.05, 0.1) is 7.11 Å². The smallest absolute Gasteiger partial charge is 0.387 e. The summed E-state index contributed by atoms with van der Waals surface area (Å²) < 4.78 is 35.7. The molecule has 0 aliphatic rings. The predicted molar refractivity (Wildman–Crippen MR) is 94.3 cm³/mol. The highest BCUT2D eigenvalue weighted by Crippen LogP contribution is 2.29. The monoisotopic (exact) mass is 398 g/mol. The number of carbonyl (C=O) groups excluding carboxylic acids is 1. The van der Waals surface area contributed by atoms with Crippen LogP contribution in [0, 0.1) is 17.0 Å². The first-order valence-electron chi connectivity index (χ1n) is 8.25. The number of aromatic nitrogens is 2. The molecular formula is C17H20F2N4O5. The topological polar surface area (TPSA) is 99.7 Å². The molecule has 0 N–H and O–H groups in total. The molecule has 0 aliphatic heterocycles. The molecule has 11 heteroatoms. The van der Waals surface area contributed by atoms with E-state index in [-0.39, 0.29) is 42.7 Å². The third-order valence-corrected chi connectivity index (χ3v) is 4.01. The van der Waals surface area contributed by atoms with Gasteiger partial charge in [0, 0.05) is 33.5 Å². The molecular weight excluding hydrogens is 378 g/mol. The zero-order valence-corrected chi connectivity index (χ0v) is 15.6. The second-order valence-corrected chi connectivity index (χ2v) is 5.96. The van der Waals surface area contributed by atoms with Gasteiger partial charge in [-0.05, 0) is 27.6 Å². The Morgan fingerprint density at radius 1 is 1.39 bits per heavy atom. The van der Waals surface area contributed by atoms with Crippen LogP contribution in [0.25, 0.3) is 0 Å². The molecule has 2 rings (SSSR count). The number of rotatable bonds is 9. The van der Waals surface area contributed by atoms with E-state index in [2.05, 4.69) is 9.72 Å². The predicted octanol–water partition coefficient (Wildman–Crippen LogP) is 2.76. The van der Waals surface area contributed by atoms with E-state index >= 15 is 0 Å². The quantitative estimate of drug-likeness (QED) is 0.476. The molecule has 9 nitrogen and oxygen atoms in total. The van der Waals surface area contributed by atoms with Crippen LogP contribution in [-0.4, -0.2) is 46.1 Å². The molecule has 0 saturated heterocycles. The van der Waals surface area contributed by atoms with Crippen molar-refractivity contribution in [3.63, 3.8) is 0 Å². The van der Waals surface area contributed by atoms with Crippen molar-refractivity contribution in [2.45, 2.75) is 33.0 Å². The Labute approximate surface area is 159 Å². The van der Waals surface area contributed by atoms with E-state index in [1.54, 1.807) is 24.6 Å². The van der Waals surface area contributed by atoms with E-state index in [1.807, 2.05) is 0 Å². The maximum atomic E-state index is 12.4. The Morgan fingerprint density at radius 3 is 2.68 bits per heavy atom. The number of ether oxygens (including phenoxy) is 2. The van der Waals surface area contributed by atoms with Crippen molar-refractivity contribution < 1.29 is 28.0 Å². The van der Waals surface area contributed by atoms with Crippen LogP contribution < -0.4 is 9.47 Å². The first-order chi connectivity index (χ1) is 13.2. The Bertz CT molecular complexity index is 856. The number of nitrogens with zero attached hydrogens (tertiary/aromatic N) is 4. The molecule has 0 aliphatic carbocycles. The minimum atomic E-state index is -2.97. The average Bonchev–Trinajstić information content (AvgIpc) is 3.01. The number of nitro groups is 1. The summed E-state index contributed by atoms with van der Waals surface area (Å²) in [6.45, 7) is -0.865. The van der Waals surface area contributed by atoms with Gasteiger partial charge < -0.3 is 29.1 Å². The fraction of sp³-hybridized carbons (Fsp3) is 0.412. The molecule has 0 spiro atoms. The molecule has 1 aromatic carbocycles. The number of hydrogen-bond acceptors (Lipinski definition) is 6. The van der Waals surface area contributed by atoms with Gasteiger partial charge in [-0.3, -0.25) is 4.79 Å². The number of amides is 1. The summed E-state index contributed by atoms with van der Waals surface area (Å²) in [4.78, 5) is 27.8. The van der Waals surface area contributed by atoms with Crippen LogP contribution >= 0.6 is 0 Å². The third-order valence-electron chi connectivity index (χ3n) is 4.01. The van der Waals surface area contributed by atoms with Crippen molar-refractivity contribution in [1.82, 2.24) is 14.5 Å². The van der Waals surface area contributed by atoms with Crippen LogP contribution in [0.4, 0.5) is 14.6 Å². The summed E-state index contributed by atoms with van der Waals surface area (Å²) in [5, 5.41) is 10.7. The minimum absolute atomic E-state index is 0.0904. The fourth-order valence-electron chi connectivity index (χ4n) is 2.58. The molecule has 0 bridgehead atoms. The first-order valence-corrected chi connectivity index (χ1v) is 8.25. The van der Waals surface area contributed by atoms with E-state index in [0.717, 1.165) is 0 Å². The highest BCUT2D eigenvalue weighted by atomic mass is 19.3. The standard InChI is InChI=1S/C17H20F2N4O5/c1-11-20-15(23(25)26)10-22(11)7-6-16(24)21(2)9-12-4-5-13(28-17(18)19)14(8-12)27-3/h4-5,8,10,17H,6-7,9H2,1-3H3. The number of halogens is 2. The Morgan fingerprint density at radius 2 is 2.11 bits per heavy atom. The van der Waals surface area contributed by atoms with Gasteiger partial charge in [0.15, 0.2) is 11.5 Å². The molecule has 0 fully saturated rings. The van der Waals surface area contributed by atoms with Crippen molar-refractivity contribution in [3.05, 3.63) is 45.9 Å². The van der Waals surface area contributed by atoms with Gasteiger partial charge in [0.1, 0.15) is 6.20 Å². The van der Waals surface area contributed by atoms with E-state index in [0.29, 0.717) is 11.4 Å². The number of carbonyl (C=O) groups is 1. The van der Waals surface area contributed by atoms with Crippen LogP contribution in [0.5, 0.6) is 11.5 Å². The number of alkyl halides is 2. The van der Waals surface area contributed by atoms with Gasteiger partial charge in [-0.1, -0.05) is 6.07 Å². The minimum Gasteiger partial charge on any atom is -0.493 e. The third kappa shape index (κ3) is 5.38. The van der Waals surface area contributed by atoms with E-state index in [9.17, 15) is 23.7 Å². The molecule has 0 radical (unpaired) electrons. The van der Waals surface area contributed by atoms with Gasteiger partial charge in [-0.2, -0.15) is 8.78 Å². The van der Waals surface area contributed by atoms with Gasteiger partial charge >= 0.3 is 12.4 Å². The average molecular weight is 398 g/mol. The van der Waals surface area contributed by atoms with Gasteiger partial charge in [-0.15, -0.1) is 0 Å². The van der Waals surface area contributed by atoms with Crippen molar-refractivity contribution in [2.24, 2.45) is 0 Å². The second-order valence-electron chi connectivity index (χ2n) is 5.96. The van der Waals surface area contributed by atoms with E-state index in [1.165, 1.54) is 30.3 Å². The van der Waals surface area contributed by atoms with Gasteiger partial charge in [0.25, 0.3) is 0 Å². The summed E-state index contributed by atoms with van der Waals surface area (Å²) in [7, 11) is 2.93. The van der Waals surface area contributed by atoms with Crippen LogP contribution in [0.1, 0.15) is 17.8 Å². The molecule has 2 aromatic rings. The molecule has 0 saturated carbocycles. The van der Waals surface area contributed by atoms with Crippen molar-refractivity contribution >= 4 is 11.7 Å². The maximum Gasteiger partial charge on any atom is 0.387 e. The van der Waals surface area contributed by atoms with E-state index < -0.39 is 11.5 Å². The van der Waals surface area contributed by atoms with Gasteiger partial charge in [0.2, 0.25) is 11.7 Å². The van der Waals surface area contributed by atoms with Crippen molar-refractivity contribution in [1.29, 1.82) is 0 Å². The normalized spacial score (nSPS) is 10.8. The lowest BCUT2D eigenvalue weighted by Gasteiger charge is -2.18. The summed E-state index contributed by atoms with van der Waals surface area (Å²) in [5.41, 5.74) is 0.670. The first kappa shape index (κ1) is 21.1. The zero-order chi connectivity index (χ0) is 20.8. The Balaban J connectivity index is 1.97. The lowest BCUT2D eigenvalue weighted by atomic mass is 10.2. The van der Waals surface area contributed by atoms with Gasteiger partial charge in [-0.25, -0.2) is 0 Å². The highest BCUT2D eigenvalue weighted by molar-refractivity contribution is 5.75.